The van der Waals surface area contributed by atoms with Crippen molar-refractivity contribution in [2.24, 2.45) is 0 Å². The molecule has 0 aliphatic heterocycles. The molecule has 3 rings (SSSR count). The Bertz CT molecular complexity index is 701. The second-order valence-electron chi connectivity index (χ2n) is 3.93. The highest BCUT2D eigenvalue weighted by molar-refractivity contribution is 9.10. The fraction of sp³-hybridized carbons (Fsp3) is 0. The highest BCUT2D eigenvalue weighted by Crippen LogP contribution is 2.40. The van der Waals surface area contributed by atoms with Crippen molar-refractivity contribution in [1.82, 2.24) is 10.2 Å². The van der Waals surface area contributed by atoms with Crippen molar-refractivity contribution >= 4 is 33.1 Å². The molecular weight excluding hydrogens is 329 g/mol. The molecule has 0 saturated heterocycles. The quantitative estimate of drug-likeness (QED) is 0.732. The van der Waals surface area contributed by atoms with E-state index < -0.39 is 0 Å². The highest BCUT2D eigenvalue weighted by Gasteiger charge is 2.20. The van der Waals surface area contributed by atoms with E-state index in [1.54, 1.807) is 12.1 Å². The Labute approximate surface area is 121 Å². The topological polar surface area (TPSA) is 54.7 Å². The van der Waals surface area contributed by atoms with Crippen LogP contribution in [0.2, 0.25) is 0 Å². The second kappa shape index (κ2) is 4.79. The molecule has 0 amide bonds. The molecule has 0 atom stereocenters. The average molecular weight is 338 g/mol. The van der Waals surface area contributed by atoms with Gasteiger partial charge in [0, 0.05) is 9.35 Å². The molecule has 96 valence electrons. The van der Waals surface area contributed by atoms with Crippen molar-refractivity contribution in [2.75, 3.05) is 5.73 Å². The van der Waals surface area contributed by atoms with E-state index in [0.29, 0.717) is 21.5 Å². The summed E-state index contributed by atoms with van der Waals surface area (Å²) in [6, 6.07) is 8.70. The first-order valence-electron chi connectivity index (χ1n) is 5.50. The summed E-state index contributed by atoms with van der Waals surface area (Å²) in [6.07, 6.45) is 0. The highest BCUT2D eigenvalue weighted by atomic mass is 79.9. The summed E-state index contributed by atoms with van der Waals surface area (Å²) in [4.78, 5) is 0.955. The predicted molar refractivity (Wildman–Crippen MR) is 79.4 cm³/mol. The zero-order valence-electron chi connectivity index (χ0n) is 9.65. The number of rotatable bonds is 2. The molecular formula is C13H9BrFN3S. The molecule has 0 saturated carbocycles. The van der Waals surface area contributed by atoms with Gasteiger partial charge in [0.15, 0.2) is 5.82 Å². The second-order valence-corrected chi connectivity index (χ2v) is 5.73. The molecule has 2 aromatic heterocycles. The molecule has 0 unspecified atom stereocenters. The van der Waals surface area contributed by atoms with Crippen LogP contribution in [0.3, 0.4) is 0 Å². The van der Waals surface area contributed by atoms with Crippen molar-refractivity contribution in [3.63, 3.8) is 0 Å². The van der Waals surface area contributed by atoms with Crippen LogP contribution in [0.1, 0.15) is 0 Å². The third kappa shape index (κ3) is 2.06. The Morgan fingerprint density at radius 2 is 2.05 bits per heavy atom. The number of H-pyrrole nitrogens is 1. The zero-order valence-corrected chi connectivity index (χ0v) is 12.1. The summed E-state index contributed by atoms with van der Waals surface area (Å²) >= 11 is 4.90. The molecule has 0 aliphatic rings. The zero-order chi connectivity index (χ0) is 13.4. The summed E-state index contributed by atoms with van der Waals surface area (Å²) in [5, 5.41) is 8.77. The molecule has 6 heteroatoms. The van der Waals surface area contributed by atoms with Crippen LogP contribution in [0, 0.1) is 5.82 Å². The molecule has 19 heavy (non-hydrogen) atoms. The lowest BCUT2D eigenvalue weighted by atomic mass is 10.1. The maximum atomic E-state index is 14.1. The van der Waals surface area contributed by atoms with Crippen molar-refractivity contribution < 1.29 is 4.39 Å². The molecule has 3 nitrogen and oxygen atoms in total. The van der Waals surface area contributed by atoms with E-state index in [0.717, 1.165) is 10.4 Å². The Hall–Kier alpha value is -1.66. The smallest absolute Gasteiger partial charge is 0.154 e. The molecule has 3 aromatic rings. The van der Waals surface area contributed by atoms with E-state index >= 15 is 0 Å². The van der Waals surface area contributed by atoms with Gasteiger partial charge in [-0.15, -0.1) is 11.3 Å². The predicted octanol–water partition coefficient (Wildman–Crippen LogP) is 4.29. The minimum Gasteiger partial charge on any atom is -0.382 e. The van der Waals surface area contributed by atoms with Crippen molar-refractivity contribution in [2.45, 2.75) is 0 Å². The third-order valence-electron chi connectivity index (χ3n) is 2.77. The third-order valence-corrected chi connectivity index (χ3v) is 4.32. The van der Waals surface area contributed by atoms with Gasteiger partial charge in [0.1, 0.15) is 5.82 Å². The van der Waals surface area contributed by atoms with Gasteiger partial charge >= 0.3 is 0 Å². The van der Waals surface area contributed by atoms with Crippen molar-refractivity contribution in [3.8, 4) is 21.7 Å². The number of nitrogens with two attached hydrogens (primary N) is 1. The van der Waals surface area contributed by atoms with E-state index in [4.69, 9.17) is 5.73 Å². The van der Waals surface area contributed by atoms with Crippen molar-refractivity contribution in [3.05, 3.63) is 46.0 Å². The summed E-state index contributed by atoms with van der Waals surface area (Å²) in [5.41, 5.74) is 7.66. The first-order chi connectivity index (χ1) is 9.18. The SMILES string of the molecule is Nc1n[nH]c(-c2c(F)cccc2Br)c1-c1cccs1. The van der Waals surface area contributed by atoms with Crippen LogP contribution in [0.25, 0.3) is 21.7 Å². The molecule has 3 N–H and O–H groups in total. The van der Waals surface area contributed by atoms with Gasteiger partial charge < -0.3 is 5.73 Å². The number of halogens is 2. The van der Waals surface area contributed by atoms with Gasteiger partial charge in [-0.05, 0) is 39.5 Å². The van der Waals surface area contributed by atoms with Crippen LogP contribution in [-0.2, 0) is 0 Å². The largest absolute Gasteiger partial charge is 0.382 e. The monoisotopic (exact) mass is 337 g/mol. The maximum Gasteiger partial charge on any atom is 0.154 e. The molecule has 0 fully saturated rings. The first kappa shape index (κ1) is 12.4. The van der Waals surface area contributed by atoms with Crippen LogP contribution < -0.4 is 5.73 Å². The molecule has 0 radical (unpaired) electrons. The van der Waals surface area contributed by atoms with E-state index in [1.807, 2.05) is 17.5 Å². The lowest BCUT2D eigenvalue weighted by Crippen LogP contribution is -1.89. The number of thiophene rings is 1. The fourth-order valence-corrected chi connectivity index (χ4v) is 3.27. The number of aromatic amines is 1. The number of anilines is 1. The van der Waals surface area contributed by atoms with E-state index in [1.165, 1.54) is 17.4 Å². The Kier molecular flexibility index (Phi) is 3.12. The number of nitrogen functional groups attached to an aromatic ring is 1. The van der Waals surface area contributed by atoms with Gasteiger partial charge in [-0.1, -0.05) is 12.1 Å². The van der Waals surface area contributed by atoms with Crippen LogP contribution in [0.5, 0.6) is 0 Å². The van der Waals surface area contributed by atoms with Gasteiger partial charge in [0.25, 0.3) is 0 Å². The Balaban J connectivity index is 2.28. The summed E-state index contributed by atoms with van der Waals surface area (Å²) in [5.74, 6) is 0.0448. The van der Waals surface area contributed by atoms with Gasteiger partial charge in [-0.25, -0.2) is 4.39 Å². The minimum atomic E-state index is -0.323. The van der Waals surface area contributed by atoms with Crippen LogP contribution >= 0.6 is 27.3 Å². The van der Waals surface area contributed by atoms with Crippen LogP contribution in [0.4, 0.5) is 10.2 Å². The summed E-state index contributed by atoms with van der Waals surface area (Å²) in [6.45, 7) is 0. The van der Waals surface area contributed by atoms with Gasteiger partial charge in [0.05, 0.1) is 16.8 Å². The van der Waals surface area contributed by atoms with Crippen LogP contribution in [-0.4, -0.2) is 10.2 Å². The van der Waals surface area contributed by atoms with Gasteiger partial charge in [-0.2, -0.15) is 5.10 Å². The fourth-order valence-electron chi connectivity index (χ4n) is 1.94. The number of nitrogens with zero attached hydrogens (tertiary/aromatic N) is 1. The summed E-state index contributed by atoms with van der Waals surface area (Å²) < 4.78 is 14.7. The number of hydrogen-bond acceptors (Lipinski definition) is 3. The Morgan fingerprint density at radius 1 is 1.21 bits per heavy atom. The summed E-state index contributed by atoms with van der Waals surface area (Å²) in [7, 11) is 0. The molecule has 0 bridgehead atoms. The molecule has 0 spiro atoms. The normalized spacial score (nSPS) is 10.8. The molecule has 0 aliphatic carbocycles. The number of benzene rings is 1. The van der Waals surface area contributed by atoms with Gasteiger partial charge in [0.2, 0.25) is 0 Å². The van der Waals surface area contributed by atoms with E-state index in [9.17, 15) is 4.39 Å². The maximum absolute atomic E-state index is 14.1. The minimum absolute atomic E-state index is 0.323. The van der Waals surface area contributed by atoms with Gasteiger partial charge in [-0.3, -0.25) is 5.10 Å². The standard InChI is InChI=1S/C13H9BrFN3S/c14-7-3-1-4-8(15)10(7)12-11(13(16)18-17-12)9-5-2-6-19-9/h1-6H,(H3,16,17,18). The average Bonchev–Trinajstić information content (AvgIpc) is 2.99. The first-order valence-corrected chi connectivity index (χ1v) is 7.18. The number of hydrogen-bond donors (Lipinski definition) is 2. The number of aromatic nitrogens is 2. The lowest BCUT2D eigenvalue weighted by Gasteiger charge is -2.06. The Morgan fingerprint density at radius 3 is 2.74 bits per heavy atom. The van der Waals surface area contributed by atoms with Crippen molar-refractivity contribution in [1.29, 1.82) is 0 Å². The van der Waals surface area contributed by atoms with Crippen LogP contribution in [0.15, 0.2) is 40.2 Å². The van der Waals surface area contributed by atoms with E-state index in [-0.39, 0.29) is 5.82 Å². The van der Waals surface area contributed by atoms with E-state index in [2.05, 4.69) is 26.1 Å². The number of nitrogens with one attached hydrogen (secondary N) is 1. The lowest BCUT2D eigenvalue weighted by molar-refractivity contribution is 0.630. The molecule has 1 aromatic carbocycles. The molecule has 2 heterocycles.